The molecule has 0 spiro atoms. The smallest absolute Gasteiger partial charge is 0.159 e. The molecule has 0 bridgehead atoms. The molecule has 1 saturated carbocycles. The monoisotopic (exact) mass is 384 g/mol. The number of allylic oxidation sites excluding steroid dienone is 2. The highest BCUT2D eigenvalue weighted by Crippen LogP contribution is 2.41. The third-order valence-corrected chi connectivity index (χ3v) is 6.73. The lowest BCUT2D eigenvalue weighted by Gasteiger charge is -2.36. The Morgan fingerprint density at radius 1 is 0.786 bits per heavy atom. The molecule has 2 aromatic rings. The Morgan fingerprint density at radius 3 is 2.29 bits per heavy atom. The zero-order valence-corrected chi connectivity index (χ0v) is 16.4. The maximum atomic E-state index is 14.8. The van der Waals surface area contributed by atoms with Gasteiger partial charge in [-0.2, -0.15) is 0 Å². The molecule has 1 atom stereocenters. The van der Waals surface area contributed by atoms with E-state index in [1.807, 2.05) is 6.07 Å². The molecule has 0 amide bonds. The Hall–Kier alpha value is -2.03. The molecule has 0 radical (unpaired) electrons. The van der Waals surface area contributed by atoms with Crippen LogP contribution in [-0.2, 0) is 12.8 Å². The second-order valence-electron chi connectivity index (χ2n) is 8.43. The Labute approximate surface area is 165 Å². The van der Waals surface area contributed by atoms with E-state index in [-0.39, 0.29) is 5.82 Å². The summed E-state index contributed by atoms with van der Waals surface area (Å²) < 4.78 is 41.5. The molecule has 3 heteroatoms. The van der Waals surface area contributed by atoms with Crippen molar-refractivity contribution in [2.24, 2.45) is 17.8 Å². The first kappa shape index (κ1) is 19.3. The molecule has 4 rings (SSSR count). The lowest BCUT2D eigenvalue weighted by molar-refractivity contribution is 0.206. The highest BCUT2D eigenvalue weighted by molar-refractivity contribution is 5.66. The Balaban J connectivity index is 1.51. The normalized spacial score (nSPS) is 25.1. The second-order valence-corrected chi connectivity index (χ2v) is 8.43. The topological polar surface area (TPSA) is 0 Å². The summed E-state index contributed by atoms with van der Waals surface area (Å²) in [5.74, 6) is -0.0936. The number of aryl methyl sites for hydroxylation is 1. The molecule has 0 saturated heterocycles. The highest BCUT2D eigenvalue weighted by atomic mass is 19.2. The van der Waals surface area contributed by atoms with Crippen LogP contribution in [0.4, 0.5) is 13.2 Å². The molecule has 28 heavy (non-hydrogen) atoms. The Morgan fingerprint density at radius 2 is 1.57 bits per heavy atom. The number of hydrogen-bond donors (Lipinski definition) is 0. The number of fused-ring (bicyclic) bond motifs is 1. The molecule has 2 aliphatic rings. The molecule has 2 aromatic carbocycles. The van der Waals surface area contributed by atoms with Gasteiger partial charge in [0, 0.05) is 5.56 Å². The van der Waals surface area contributed by atoms with Gasteiger partial charge in [-0.25, -0.2) is 13.2 Å². The minimum Gasteiger partial charge on any atom is -0.206 e. The first-order valence-corrected chi connectivity index (χ1v) is 10.4. The first-order valence-electron chi connectivity index (χ1n) is 10.4. The average molecular weight is 384 g/mol. The number of rotatable bonds is 3. The van der Waals surface area contributed by atoms with Gasteiger partial charge in [0.05, 0.1) is 0 Å². The van der Waals surface area contributed by atoms with Crippen molar-refractivity contribution in [3.8, 4) is 11.1 Å². The summed E-state index contributed by atoms with van der Waals surface area (Å²) in [7, 11) is 0. The maximum Gasteiger partial charge on any atom is 0.159 e. The Kier molecular flexibility index (Phi) is 5.61. The van der Waals surface area contributed by atoms with Crippen molar-refractivity contribution in [3.05, 3.63) is 71.1 Å². The van der Waals surface area contributed by atoms with Crippen molar-refractivity contribution >= 4 is 0 Å². The van der Waals surface area contributed by atoms with Crippen molar-refractivity contribution < 1.29 is 13.2 Å². The fourth-order valence-electron chi connectivity index (χ4n) is 5.18. The molecule has 1 unspecified atom stereocenters. The fraction of sp³-hybridized carbons (Fsp3) is 0.440. The molecule has 0 aliphatic heterocycles. The standard InChI is InChI=1S/C25H27F3/c1-2-3-16-4-6-17(7-5-16)18-8-9-19-13-22(24(27)15-21(19)12-18)20-10-11-23(26)25(28)14-20/h2-3,10-11,13-18H,4-9,12H2,1H3/b3-2+. The van der Waals surface area contributed by atoms with Crippen molar-refractivity contribution in [3.63, 3.8) is 0 Å². The molecule has 1 fully saturated rings. The van der Waals surface area contributed by atoms with Gasteiger partial charge < -0.3 is 0 Å². The van der Waals surface area contributed by atoms with E-state index in [2.05, 4.69) is 19.1 Å². The van der Waals surface area contributed by atoms with Crippen LogP contribution in [0.3, 0.4) is 0 Å². The van der Waals surface area contributed by atoms with Crippen molar-refractivity contribution in [2.45, 2.75) is 51.9 Å². The first-order chi connectivity index (χ1) is 13.5. The minimum atomic E-state index is -0.941. The largest absolute Gasteiger partial charge is 0.206 e. The zero-order valence-electron chi connectivity index (χ0n) is 16.4. The van der Waals surface area contributed by atoms with Crippen molar-refractivity contribution in [2.75, 3.05) is 0 Å². The van der Waals surface area contributed by atoms with E-state index in [9.17, 15) is 13.2 Å². The van der Waals surface area contributed by atoms with E-state index in [1.165, 1.54) is 31.7 Å². The zero-order chi connectivity index (χ0) is 19.7. The number of benzene rings is 2. The van der Waals surface area contributed by atoms with E-state index in [1.54, 1.807) is 6.07 Å². The Bertz CT molecular complexity index is 876. The fourth-order valence-corrected chi connectivity index (χ4v) is 5.18. The molecule has 0 heterocycles. The number of halogens is 3. The van der Waals surface area contributed by atoms with Gasteiger partial charge in [0.15, 0.2) is 11.6 Å². The van der Waals surface area contributed by atoms with E-state index in [4.69, 9.17) is 0 Å². The summed E-state index contributed by atoms with van der Waals surface area (Å²) in [4.78, 5) is 0. The van der Waals surface area contributed by atoms with Gasteiger partial charge in [-0.15, -0.1) is 0 Å². The predicted octanol–water partition coefficient (Wildman–Crippen LogP) is 7.26. The maximum absolute atomic E-state index is 14.8. The quantitative estimate of drug-likeness (QED) is 0.489. The molecule has 0 N–H and O–H groups in total. The van der Waals surface area contributed by atoms with Gasteiger partial charge in [0.25, 0.3) is 0 Å². The van der Waals surface area contributed by atoms with E-state index >= 15 is 0 Å². The second kappa shape index (κ2) is 8.14. The van der Waals surface area contributed by atoms with Gasteiger partial charge >= 0.3 is 0 Å². The van der Waals surface area contributed by atoms with Crippen molar-refractivity contribution in [1.29, 1.82) is 0 Å². The summed E-state index contributed by atoms with van der Waals surface area (Å²) in [5.41, 5.74) is 3.00. The number of hydrogen-bond acceptors (Lipinski definition) is 0. The molecular weight excluding hydrogens is 357 g/mol. The third kappa shape index (κ3) is 3.90. The van der Waals surface area contributed by atoms with Crippen LogP contribution in [0.2, 0.25) is 0 Å². The van der Waals surface area contributed by atoms with E-state index in [0.717, 1.165) is 54.4 Å². The molecule has 0 aromatic heterocycles. The molecular formula is C25H27F3. The molecule has 148 valence electrons. The summed E-state index contributed by atoms with van der Waals surface area (Å²) in [5, 5.41) is 0. The predicted molar refractivity (Wildman–Crippen MR) is 108 cm³/mol. The lowest BCUT2D eigenvalue weighted by Crippen LogP contribution is -2.26. The average Bonchev–Trinajstić information content (AvgIpc) is 2.70. The van der Waals surface area contributed by atoms with Gasteiger partial charge in [0.1, 0.15) is 5.82 Å². The van der Waals surface area contributed by atoms with Crippen LogP contribution in [0.5, 0.6) is 0 Å². The SMILES string of the molecule is C/C=C/C1CCC(C2CCc3cc(-c4ccc(F)c(F)c4)c(F)cc3C2)CC1. The lowest BCUT2D eigenvalue weighted by atomic mass is 9.69. The molecule has 2 aliphatic carbocycles. The van der Waals surface area contributed by atoms with Crippen LogP contribution in [-0.4, -0.2) is 0 Å². The van der Waals surface area contributed by atoms with Crippen LogP contribution in [0.25, 0.3) is 11.1 Å². The van der Waals surface area contributed by atoms with Gasteiger partial charge in [-0.3, -0.25) is 0 Å². The van der Waals surface area contributed by atoms with Crippen molar-refractivity contribution in [1.82, 2.24) is 0 Å². The van der Waals surface area contributed by atoms with Gasteiger partial charge in [0.2, 0.25) is 0 Å². The van der Waals surface area contributed by atoms with Gasteiger partial charge in [-0.05, 0) is 111 Å². The van der Waals surface area contributed by atoms with Gasteiger partial charge in [-0.1, -0.05) is 18.2 Å². The molecule has 0 nitrogen and oxygen atoms in total. The van der Waals surface area contributed by atoms with Crippen LogP contribution >= 0.6 is 0 Å². The third-order valence-electron chi connectivity index (χ3n) is 6.73. The van der Waals surface area contributed by atoms with Crippen LogP contribution in [0, 0.1) is 35.2 Å². The minimum absolute atomic E-state index is 0.345. The van der Waals surface area contributed by atoms with Crippen LogP contribution in [0.15, 0.2) is 42.5 Å². The highest BCUT2D eigenvalue weighted by Gasteiger charge is 2.30. The van der Waals surface area contributed by atoms with Crippen LogP contribution in [0.1, 0.15) is 50.2 Å². The van der Waals surface area contributed by atoms with E-state index < -0.39 is 11.6 Å². The summed E-state index contributed by atoms with van der Waals surface area (Å²) in [6, 6.07) is 7.05. The summed E-state index contributed by atoms with van der Waals surface area (Å²) >= 11 is 0. The summed E-state index contributed by atoms with van der Waals surface area (Å²) in [6.45, 7) is 2.09. The summed E-state index contributed by atoms with van der Waals surface area (Å²) in [6.07, 6.45) is 12.6. The van der Waals surface area contributed by atoms with E-state index in [0.29, 0.717) is 17.0 Å². The van der Waals surface area contributed by atoms with Crippen LogP contribution < -0.4 is 0 Å².